The van der Waals surface area contributed by atoms with Crippen LogP contribution in [-0.2, 0) is 14.3 Å². The summed E-state index contributed by atoms with van der Waals surface area (Å²) in [7, 11) is 1.52. The van der Waals surface area contributed by atoms with Gasteiger partial charge in [-0.05, 0) is 65.7 Å². The van der Waals surface area contributed by atoms with Crippen molar-refractivity contribution in [3.05, 3.63) is 52.5 Å². The van der Waals surface area contributed by atoms with Crippen LogP contribution in [-0.4, -0.2) is 38.4 Å². The van der Waals surface area contributed by atoms with E-state index in [2.05, 4.69) is 26.6 Å². The number of benzene rings is 2. The van der Waals surface area contributed by atoms with Crippen molar-refractivity contribution in [2.45, 2.75) is 20.0 Å². The molecule has 2 amide bonds. The number of nitrogens with one attached hydrogen (secondary N) is 2. The predicted molar refractivity (Wildman–Crippen MR) is 111 cm³/mol. The van der Waals surface area contributed by atoms with E-state index < -0.39 is 12.2 Å². The molecular weight excluding hydrogens is 428 g/mol. The molecule has 0 fully saturated rings. The number of ether oxygens (including phenoxy) is 3. The van der Waals surface area contributed by atoms with Crippen molar-refractivity contribution in [2.24, 2.45) is 0 Å². The van der Waals surface area contributed by atoms with Crippen LogP contribution in [0.25, 0.3) is 0 Å². The zero-order valence-electron chi connectivity index (χ0n) is 16.0. The van der Waals surface area contributed by atoms with Gasteiger partial charge in [0, 0.05) is 18.5 Å². The third kappa shape index (κ3) is 6.86. The summed E-state index contributed by atoms with van der Waals surface area (Å²) in [4.78, 5) is 24.1. The molecule has 0 radical (unpaired) electrons. The van der Waals surface area contributed by atoms with Gasteiger partial charge in [0.05, 0.1) is 11.1 Å². The minimum absolute atomic E-state index is 0.155. The Morgan fingerprint density at radius 2 is 1.79 bits per heavy atom. The second-order valence-corrected chi connectivity index (χ2v) is 6.87. The highest BCUT2D eigenvalue weighted by Crippen LogP contribution is 2.27. The van der Waals surface area contributed by atoms with Crippen molar-refractivity contribution in [3.8, 4) is 5.75 Å². The van der Waals surface area contributed by atoms with Crippen LogP contribution in [0, 0.1) is 6.92 Å². The van der Waals surface area contributed by atoms with E-state index in [-0.39, 0.29) is 12.5 Å². The first-order chi connectivity index (χ1) is 13.4. The third-order valence-corrected chi connectivity index (χ3v) is 4.28. The zero-order chi connectivity index (χ0) is 20.5. The van der Waals surface area contributed by atoms with Crippen molar-refractivity contribution in [1.82, 2.24) is 0 Å². The average molecular weight is 451 g/mol. The number of halogens is 1. The number of amides is 2. The average Bonchev–Trinajstić information content (AvgIpc) is 2.64. The lowest BCUT2D eigenvalue weighted by Crippen LogP contribution is -2.30. The van der Waals surface area contributed by atoms with E-state index in [1.165, 1.54) is 7.11 Å². The number of anilines is 2. The first-order valence-corrected chi connectivity index (χ1v) is 9.45. The molecule has 2 aromatic rings. The van der Waals surface area contributed by atoms with Crippen LogP contribution in [0.5, 0.6) is 5.75 Å². The summed E-state index contributed by atoms with van der Waals surface area (Å²) in [5.74, 6) is 0.273. The molecule has 0 spiro atoms. The van der Waals surface area contributed by atoms with Crippen LogP contribution >= 0.6 is 15.9 Å². The van der Waals surface area contributed by atoms with Gasteiger partial charge in [0.2, 0.25) is 0 Å². The van der Waals surface area contributed by atoms with Crippen molar-refractivity contribution in [2.75, 3.05) is 31.0 Å². The van der Waals surface area contributed by atoms with E-state index >= 15 is 0 Å². The number of aryl methyl sites for hydroxylation is 1. The first kappa shape index (κ1) is 21.7. The van der Waals surface area contributed by atoms with Crippen LogP contribution in [0.15, 0.2) is 46.9 Å². The molecule has 2 N–H and O–H groups in total. The summed E-state index contributed by atoms with van der Waals surface area (Å²) >= 11 is 3.43. The Balaban J connectivity index is 1.93. The summed E-state index contributed by atoms with van der Waals surface area (Å²) in [5.41, 5.74) is 2.11. The largest absolute Gasteiger partial charge is 0.480 e. The van der Waals surface area contributed by atoms with Crippen LogP contribution in [0.3, 0.4) is 0 Å². The highest BCUT2D eigenvalue weighted by Gasteiger charge is 2.16. The highest BCUT2D eigenvalue weighted by molar-refractivity contribution is 9.10. The lowest BCUT2D eigenvalue weighted by atomic mass is 10.2. The Labute approximate surface area is 172 Å². The van der Waals surface area contributed by atoms with E-state index in [0.717, 1.165) is 10.0 Å². The lowest BCUT2D eigenvalue weighted by molar-refractivity contribution is -0.122. The standard InChI is InChI=1S/C20H23BrN2O5/c1-13-7-8-18(17(21)11-13)28-14(2)19(24)22-15-5-4-6-16(12-15)23-20(25)27-10-9-26-3/h4-8,11-12,14H,9-10H2,1-3H3,(H,22,24)(H,23,25). The first-order valence-electron chi connectivity index (χ1n) is 8.65. The minimum atomic E-state index is -0.713. The Kier molecular flexibility index (Phi) is 8.28. The summed E-state index contributed by atoms with van der Waals surface area (Å²) in [6, 6.07) is 12.4. The van der Waals surface area contributed by atoms with Gasteiger partial charge in [-0.25, -0.2) is 4.79 Å². The summed E-state index contributed by atoms with van der Waals surface area (Å²) < 4.78 is 16.3. The number of rotatable bonds is 8. The van der Waals surface area contributed by atoms with E-state index in [9.17, 15) is 9.59 Å². The molecule has 150 valence electrons. The molecule has 0 bridgehead atoms. The Bertz CT molecular complexity index is 828. The predicted octanol–water partition coefficient (Wildman–Crippen LogP) is 4.36. The summed E-state index contributed by atoms with van der Waals surface area (Å²) in [5, 5.41) is 5.36. The highest BCUT2D eigenvalue weighted by atomic mass is 79.9. The SMILES string of the molecule is COCCOC(=O)Nc1cccc(NC(=O)C(C)Oc2ccc(C)cc2Br)c1. The second kappa shape index (κ2) is 10.7. The molecule has 0 saturated heterocycles. The van der Waals surface area contributed by atoms with Crippen molar-refractivity contribution < 1.29 is 23.8 Å². The van der Waals surface area contributed by atoms with Crippen LogP contribution in [0.4, 0.5) is 16.2 Å². The van der Waals surface area contributed by atoms with Gasteiger partial charge in [-0.2, -0.15) is 0 Å². The quantitative estimate of drug-likeness (QED) is 0.583. The van der Waals surface area contributed by atoms with Gasteiger partial charge in [0.25, 0.3) is 5.91 Å². The molecule has 0 aliphatic carbocycles. The van der Waals surface area contributed by atoms with Gasteiger partial charge >= 0.3 is 6.09 Å². The van der Waals surface area contributed by atoms with Crippen molar-refractivity contribution in [1.29, 1.82) is 0 Å². The number of methoxy groups -OCH3 is 1. The molecule has 8 heteroatoms. The van der Waals surface area contributed by atoms with Crippen LogP contribution in [0.1, 0.15) is 12.5 Å². The normalized spacial score (nSPS) is 11.4. The number of carbonyl (C=O) groups is 2. The summed E-state index contributed by atoms with van der Waals surface area (Å²) in [6.07, 6.45) is -1.31. The van der Waals surface area contributed by atoms with E-state index in [4.69, 9.17) is 14.2 Å². The topological polar surface area (TPSA) is 85.9 Å². The number of hydrogen-bond donors (Lipinski definition) is 2. The zero-order valence-corrected chi connectivity index (χ0v) is 17.5. The maximum atomic E-state index is 12.4. The monoisotopic (exact) mass is 450 g/mol. The minimum Gasteiger partial charge on any atom is -0.480 e. The number of hydrogen-bond acceptors (Lipinski definition) is 5. The second-order valence-electron chi connectivity index (χ2n) is 6.02. The molecule has 0 heterocycles. The molecule has 1 unspecified atom stereocenters. The maximum Gasteiger partial charge on any atom is 0.411 e. The Hall–Kier alpha value is -2.58. The fourth-order valence-electron chi connectivity index (χ4n) is 2.24. The lowest BCUT2D eigenvalue weighted by Gasteiger charge is -2.16. The smallest absolute Gasteiger partial charge is 0.411 e. The van der Waals surface area contributed by atoms with E-state index in [1.807, 2.05) is 25.1 Å². The molecule has 7 nitrogen and oxygen atoms in total. The van der Waals surface area contributed by atoms with Gasteiger partial charge < -0.3 is 19.5 Å². The fourth-order valence-corrected chi connectivity index (χ4v) is 2.82. The van der Waals surface area contributed by atoms with E-state index in [0.29, 0.717) is 23.7 Å². The molecule has 0 aliphatic rings. The molecule has 0 saturated carbocycles. The molecule has 0 aliphatic heterocycles. The van der Waals surface area contributed by atoms with Crippen molar-refractivity contribution in [3.63, 3.8) is 0 Å². The molecule has 1 atom stereocenters. The van der Waals surface area contributed by atoms with Gasteiger partial charge in [0.1, 0.15) is 12.4 Å². The fraction of sp³-hybridized carbons (Fsp3) is 0.300. The molecule has 28 heavy (non-hydrogen) atoms. The van der Waals surface area contributed by atoms with Gasteiger partial charge in [0.15, 0.2) is 6.10 Å². The molecule has 2 aromatic carbocycles. The van der Waals surface area contributed by atoms with Gasteiger partial charge in [-0.3, -0.25) is 10.1 Å². The van der Waals surface area contributed by atoms with Crippen LogP contribution in [0.2, 0.25) is 0 Å². The van der Waals surface area contributed by atoms with E-state index in [1.54, 1.807) is 31.2 Å². The Morgan fingerprint density at radius 3 is 2.46 bits per heavy atom. The van der Waals surface area contributed by atoms with Gasteiger partial charge in [-0.15, -0.1) is 0 Å². The molecule has 2 rings (SSSR count). The van der Waals surface area contributed by atoms with Gasteiger partial charge in [-0.1, -0.05) is 12.1 Å². The Morgan fingerprint density at radius 1 is 1.07 bits per heavy atom. The van der Waals surface area contributed by atoms with Crippen molar-refractivity contribution >= 4 is 39.3 Å². The van der Waals surface area contributed by atoms with Crippen LogP contribution < -0.4 is 15.4 Å². The summed E-state index contributed by atoms with van der Waals surface area (Å²) in [6.45, 7) is 4.11. The maximum absolute atomic E-state index is 12.4. The molecule has 0 aromatic heterocycles. The third-order valence-electron chi connectivity index (χ3n) is 3.66. The molecular formula is C20H23BrN2O5. The number of carbonyl (C=O) groups excluding carboxylic acids is 2.